The van der Waals surface area contributed by atoms with Crippen molar-refractivity contribution in [2.45, 2.75) is 58.5 Å². The van der Waals surface area contributed by atoms with E-state index in [1.807, 2.05) is 34.1 Å². The van der Waals surface area contributed by atoms with E-state index in [1.54, 1.807) is 0 Å². The van der Waals surface area contributed by atoms with Gasteiger partial charge in [0.2, 0.25) is 5.91 Å². The first kappa shape index (κ1) is 18.2. The molecule has 0 spiro atoms. The maximum atomic E-state index is 12.8. The van der Waals surface area contributed by atoms with Crippen molar-refractivity contribution in [3.05, 3.63) is 65.6 Å². The Bertz CT molecular complexity index is 994. The van der Waals surface area contributed by atoms with Gasteiger partial charge in [0.1, 0.15) is 5.82 Å². The lowest BCUT2D eigenvalue weighted by molar-refractivity contribution is -0.132. The van der Waals surface area contributed by atoms with Gasteiger partial charge in [-0.15, -0.1) is 0 Å². The van der Waals surface area contributed by atoms with Crippen molar-refractivity contribution in [2.24, 2.45) is 5.92 Å². The first-order valence-electron chi connectivity index (χ1n) is 10.8. The van der Waals surface area contributed by atoms with Crippen LogP contribution in [0.15, 0.2) is 48.8 Å². The maximum Gasteiger partial charge on any atom is 0.223 e. The van der Waals surface area contributed by atoms with Crippen LogP contribution in [0.25, 0.3) is 11.5 Å². The number of rotatable bonds is 5. The number of hydrogen-bond donors (Lipinski definition) is 0. The predicted molar refractivity (Wildman–Crippen MR) is 113 cm³/mol. The minimum absolute atomic E-state index is 0.273. The molecule has 1 aromatic carbocycles. The second-order valence-electron chi connectivity index (χ2n) is 8.53. The van der Waals surface area contributed by atoms with E-state index >= 15 is 0 Å². The van der Waals surface area contributed by atoms with E-state index in [2.05, 4.69) is 35.8 Å². The van der Waals surface area contributed by atoms with E-state index < -0.39 is 0 Å². The normalized spacial score (nSPS) is 16.5. The van der Waals surface area contributed by atoms with Crippen molar-refractivity contribution in [1.82, 2.24) is 19.2 Å². The monoisotopic (exact) mass is 388 g/mol. The average molecular weight is 389 g/mol. The molecule has 0 atom stereocenters. The van der Waals surface area contributed by atoms with Gasteiger partial charge in [-0.2, -0.15) is 5.10 Å². The summed E-state index contributed by atoms with van der Waals surface area (Å²) in [4.78, 5) is 14.8. The van der Waals surface area contributed by atoms with Crippen LogP contribution in [0, 0.1) is 12.8 Å². The number of benzene rings is 1. The Morgan fingerprint density at radius 3 is 2.52 bits per heavy atom. The third kappa shape index (κ3) is 3.50. The summed E-state index contributed by atoms with van der Waals surface area (Å²) in [6, 6.07) is 12.5. The third-order valence-corrected chi connectivity index (χ3v) is 6.45. The summed E-state index contributed by atoms with van der Waals surface area (Å²) >= 11 is 0. The molecule has 3 aromatic rings. The number of carbonyl (C=O) groups excluding carboxylic acids is 1. The van der Waals surface area contributed by atoms with Crippen LogP contribution in [0.4, 0.5) is 0 Å². The molecule has 29 heavy (non-hydrogen) atoms. The van der Waals surface area contributed by atoms with E-state index in [-0.39, 0.29) is 5.91 Å². The number of nitrogens with zero attached hydrogens (tertiary/aromatic N) is 4. The SMILES string of the molecule is Cc1ccc(-n2nc3c(c2-n2cccc2)CN(C(=O)CCC2CCCC2)C3)cc1. The Morgan fingerprint density at radius 2 is 1.79 bits per heavy atom. The topological polar surface area (TPSA) is 43.1 Å². The van der Waals surface area contributed by atoms with Gasteiger partial charge in [-0.25, -0.2) is 4.68 Å². The van der Waals surface area contributed by atoms with Crippen LogP contribution >= 0.6 is 0 Å². The Labute approximate surface area is 171 Å². The molecule has 1 aliphatic carbocycles. The maximum absolute atomic E-state index is 12.8. The molecule has 5 heteroatoms. The van der Waals surface area contributed by atoms with Gasteiger partial charge in [-0.3, -0.25) is 4.79 Å². The average Bonchev–Trinajstić information content (AvgIpc) is 3.50. The molecular weight excluding hydrogens is 360 g/mol. The second-order valence-corrected chi connectivity index (χ2v) is 8.53. The molecule has 2 aromatic heterocycles. The number of amides is 1. The van der Waals surface area contributed by atoms with E-state index in [4.69, 9.17) is 5.10 Å². The molecule has 5 nitrogen and oxygen atoms in total. The van der Waals surface area contributed by atoms with Crippen molar-refractivity contribution in [1.29, 1.82) is 0 Å². The molecule has 0 saturated heterocycles. The molecule has 0 unspecified atom stereocenters. The minimum atomic E-state index is 0.273. The second kappa shape index (κ2) is 7.54. The lowest BCUT2D eigenvalue weighted by Gasteiger charge is -2.18. The van der Waals surface area contributed by atoms with Gasteiger partial charge in [-0.1, -0.05) is 43.4 Å². The number of aryl methyl sites for hydroxylation is 1. The van der Waals surface area contributed by atoms with E-state index in [0.29, 0.717) is 19.5 Å². The van der Waals surface area contributed by atoms with Crippen molar-refractivity contribution >= 4 is 5.91 Å². The highest BCUT2D eigenvalue weighted by Gasteiger charge is 2.31. The van der Waals surface area contributed by atoms with Crippen LogP contribution in [0.3, 0.4) is 0 Å². The molecule has 3 heterocycles. The summed E-state index contributed by atoms with van der Waals surface area (Å²) in [6.07, 6.45) is 11.1. The number of aromatic nitrogens is 3. The fourth-order valence-electron chi connectivity index (χ4n) is 4.77. The van der Waals surface area contributed by atoms with Crippen LogP contribution in [0.1, 0.15) is 55.3 Å². The molecule has 1 amide bonds. The first-order chi connectivity index (χ1) is 14.2. The molecular formula is C24H28N4O. The van der Waals surface area contributed by atoms with E-state index in [0.717, 1.165) is 35.1 Å². The molecule has 1 saturated carbocycles. The number of fused-ring (bicyclic) bond motifs is 1. The molecule has 2 aliphatic rings. The van der Waals surface area contributed by atoms with Crippen molar-refractivity contribution < 1.29 is 4.79 Å². The van der Waals surface area contributed by atoms with Gasteiger partial charge in [-0.05, 0) is 43.5 Å². The largest absolute Gasteiger partial charge is 0.332 e. The Kier molecular flexibility index (Phi) is 4.74. The zero-order chi connectivity index (χ0) is 19.8. The summed E-state index contributed by atoms with van der Waals surface area (Å²) in [6.45, 7) is 3.36. The highest BCUT2D eigenvalue weighted by molar-refractivity contribution is 5.77. The number of hydrogen-bond acceptors (Lipinski definition) is 2. The highest BCUT2D eigenvalue weighted by Crippen LogP contribution is 2.32. The Hall–Kier alpha value is -2.82. The van der Waals surface area contributed by atoms with Gasteiger partial charge in [0.05, 0.1) is 24.5 Å². The molecule has 5 rings (SSSR count). The van der Waals surface area contributed by atoms with Crippen LogP contribution in [-0.2, 0) is 17.9 Å². The molecule has 1 aliphatic heterocycles. The van der Waals surface area contributed by atoms with Crippen LogP contribution in [-0.4, -0.2) is 25.2 Å². The van der Waals surface area contributed by atoms with Crippen LogP contribution in [0.5, 0.6) is 0 Å². The number of carbonyl (C=O) groups is 1. The summed E-state index contributed by atoms with van der Waals surface area (Å²) < 4.78 is 4.13. The van der Waals surface area contributed by atoms with Gasteiger partial charge >= 0.3 is 0 Å². The lowest BCUT2D eigenvalue weighted by Crippen LogP contribution is -2.26. The molecule has 1 fully saturated rings. The quantitative estimate of drug-likeness (QED) is 0.631. The fourth-order valence-corrected chi connectivity index (χ4v) is 4.77. The van der Waals surface area contributed by atoms with Gasteiger partial charge in [0.25, 0.3) is 0 Å². The third-order valence-electron chi connectivity index (χ3n) is 6.45. The fraction of sp³-hybridized carbons (Fsp3) is 0.417. The summed E-state index contributed by atoms with van der Waals surface area (Å²) in [5.74, 6) is 2.07. The van der Waals surface area contributed by atoms with Crippen molar-refractivity contribution in [3.63, 3.8) is 0 Å². The summed E-state index contributed by atoms with van der Waals surface area (Å²) in [5.41, 5.74) is 4.46. The minimum Gasteiger partial charge on any atom is -0.332 e. The van der Waals surface area contributed by atoms with Crippen molar-refractivity contribution in [2.75, 3.05) is 0 Å². The zero-order valence-electron chi connectivity index (χ0n) is 17.1. The molecule has 0 bridgehead atoms. The van der Waals surface area contributed by atoms with Gasteiger partial charge in [0.15, 0.2) is 0 Å². The van der Waals surface area contributed by atoms with Crippen molar-refractivity contribution in [3.8, 4) is 11.5 Å². The van der Waals surface area contributed by atoms with Crippen LogP contribution < -0.4 is 0 Å². The summed E-state index contributed by atoms with van der Waals surface area (Å²) in [7, 11) is 0. The predicted octanol–water partition coefficient (Wildman–Crippen LogP) is 4.78. The first-order valence-corrected chi connectivity index (χ1v) is 10.8. The Balaban J connectivity index is 1.40. The lowest BCUT2D eigenvalue weighted by atomic mass is 10.0. The standard InChI is InChI=1S/C24H28N4O/c1-18-8-11-20(12-9-18)28-24(26-14-4-5-15-26)21-16-27(17-22(21)25-28)23(29)13-10-19-6-2-3-7-19/h4-5,8-9,11-12,14-15,19H,2-3,6-7,10,13,16-17H2,1H3. The summed E-state index contributed by atoms with van der Waals surface area (Å²) in [5, 5.41) is 4.92. The van der Waals surface area contributed by atoms with Gasteiger partial charge in [0, 0.05) is 24.4 Å². The molecule has 0 N–H and O–H groups in total. The van der Waals surface area contributed by atoms with E-state index in [1.165, 1.54) is 31.2 Å². The Morgan fingerprint density at radius 1 is 1.07 bits per heavy atom. The molecule has 150 valence electrons. The zero-order valence-corrected chi connectivity index (χ0v) is 17.1. The van der Waals surface area contributed by atoms with E-state index in [9.17, 15) is 4.79 Å². The van der Waals surface area contributed by atoms with Crippen LogP contribution in [0.2, 0.25) is 0 Å². The highest BCUT2D eigenvalue weighted by atomic mass is 16.2. The smallest absolute Gasteiger partial charge is 0.223 e. The van der Waals surface area contributed by atoms with Gasteiger partial charge < -0.3 is 9.47 Å². The molecule has 0 radical (unpaired) electrons.